The van der Waals surface area contributed by atoms with E-state index < -0.39 is 4.92 Å². The highest BCUT2D eigenvalue weighted by atomic mass is 32.1. The summed E-state index contributed by atoms with van der Waals surface area (Å²) in [6.07, 6.45) is -0.290. The van der Waals surface area contributed by atoms with Gasteiger partial charge in [-0.25, -0.2) is 0 Å². The summed E-state index contributed by atoms with van der Waals surface area (Å²) in [5.74, 6) is -0.309. The van der Waals surface area contributed by atoms with Crippen molar-refractivity contribution in [3.8, 4) is 0 Å². The van der Waals surface area contributed by atoms with Crippen molar-refractivity contribution in [1.82, 2.24) is 5.32 Å². The van der Waals surface area contributed by atoms with Gasteiger partial charge in [-0.2, -0.15) is 0 Å². The number of anilines is 1. The molecule has 1 aromatic heterocycles. The van der Waals surface area contributed by atoms with Crippen LogP contribution in [0.15, 0.2) is 35.7 Å². The Hall–Kier alpha value is -2.41. The SMILES string of the molecule is O=C1N[C@H](c2cccs2)Nc2ccc([N+](=O)[O-])cc21. The Balaban J connectivity index is 1.97. The maximum atomic E-state index is 12.0. The van der Waals surface area contributed by atoms with Crippen molar-refractivity contribution < 1.29 is 9.72 Å². The lowest BCUT2D eigenvalue weighted by Crippen LogP contribution is -2.38. The number of nitrogens with one attached hydrogen (secondary N) is 2. The van der Waals surface area contributed by atoms with E-state index in [1.165, 1.54) is 23.5 Å². The van der Waals surface area contributed by atoms with Gasteiger partial charge in [0, 0.05) is 22.7 Å². The van der Waals surface area contributed by atoms with E-state index >= 15 is 0 Å². The Kier molecular flexibility index (Phi) is 2.68. The third-order valence-corrected chi connectivity index (χ3v) is 3.80. The number of carbonyl (C=O) groups excluding carboxylic acids is 1. The summed E-state index contributed by atoms with van der Waals surface area (Å²) in [6.45, 7) is 0. The van der Waals surface area contributed by atoms with Crippen molar-refractivity contribution in [1.29, 1.82) is 0 Å². The highest BCUT2D eigenvalue weighted by Crippen LogP contribution is 2.30. The fourth-order valence-electron chi connectivity index (χ4n) is 1.96. The molecule has 0 aliphatic carbocycles. The first-order valence-corrected chi connectivity index (χ1v) is 6.42. The van der Waals surface area contributed by atoms with Gasteiger partial charge in [-0.05, 0) is 17.5 Å². The molecule has 2 heterocycles. The lowest BCUT2D eigenvalue weighted by atomic mass is 10.1. The molecule has 0 fully saturated rings. The van der Waals surface area contributed by atoms with E-state index in [0.29, 0.717) is 11.3 Å². The molecule has 1 aliphatic rings. The van der Waals surface area contributed by atoms with Crippen molar-refractivity contribution in [2.45, 2.75) is 6.17 Å². The minimum atomic E-state index is -0.515. The fraction of sp³-hybridized carbons (Fsp3) is 0.0833. The molecule has 3 rings (SSSR count). The molecule has 1 atom stereocenters. The molecule has 0 saturated carbocycles. The number of nitrogens with zero attached hydrogens (tertiary/aromatic N) is 1. The van der Waals surface area contributed by atoms with Gasteiger partial charge in [0.1, 0.15) is 6.17 Å². The number of nitro benzene ring substituents is 1. The van der Waals surface area contributed by atoms with Gasteiger partial charge in [-0.15, -0.1) is 11.3 Å². The monoisotopic (exact) mass is 275 g/mol. The molecule has 6 nitrogen and oxygen atoms in total. The second kappa shape index (κ2) is 4.36. The molecule has 0 radical (unpaired) electrons. The molecule has 0 bridgehead atoms. The number of fused-ring (bicyclic) bond motifs is 1. The van der Waals surface area contributed by atoms with Crippen LogP contribution in [0.5, 0.6) is 0 Å². The van der Waals surface area contributed by atoms with E-state index in [-0.39, 0.29) is 17.8 Å². The Morgan fingerprint density at radius 3 is 2.79 bits per heavy atom. The Labute approximate surface area is 112 Å². The largest absolute Gasteiger partial charge is 0.360 e. The zero-order valence-corrected chi connectivity index (χ0v) is 10.4. The molecule has 1 aromatic carbocycles. The molecule has 7 heteroatoms. The van der Waals surface area contributed by atoms with Crippen LogP contribution < -0.4 is 10.6 Å². The number of nitro groups is 1. The third kappa shape index (κ3) is 2.04. The van der Waals surface area contributed by atoms with Crippen molar-refractivity contribution in [2.75, 3.05) is 5.32 Å². The van der Waals surface area contributed by atoms with Crippen LogP contribution in [0.3, 0.4) is 0 Å². The van der Waals surface area contributed by atoms with E-state index in [0.717, 1.165) is 4.88 Å². The summed E-state index contributed by atoms with van der Waals surface area (Å²) < 4.78 is 0. The lowest BCUT2D eigenvalue weighted by molar-refractivity contribution is -0.384. The van der Waals surface area contributed by atoms with Crippen molar-refractivity contribution >= 4 is 28.6 Å². The number of thiophene rings is 1. The zero-order chi connectivity index (χ0) is 13.4. The molecule has 0 spiro atoms. The van der Waals surface area contributed by atoms with Crippen LogP contribution in [0, 0.1) is 10.1 Å². The molecule has 96 valence electrons. The lowest BCUT2D eigenvalue weighted by Gasteiger charge is -2.26. The zero-order valence-electron chi connectivity index (χ0n) is 9.62. The highest BCUT2D eigenvalue weighted by Gasteiger charge is 2.26. The molecule has 1 amide bonds. The van der Waals surface area contributed by atoms with E-state index in [1.807, 2.05) is 17.5 Å². The second-order valence-corrected chi connectivity index (χ2v) is 5.03. The van der Waals surface area contributed by atoms with Crippen molar-refractivity contribution in [3.63, 3.8) is 0 Å². The summed E-state index contributed by atoms with van der Waals surface area (Å²) in [4.78, 5) is 23.2. The maximum absolute atomic E-state index is 12.0. The van der Waals surface area contributed by atoms with Crippen LogP contribution in [0.2, 0.25) is 0 Å². The van der Waals surface area contributed by atoms with E-state index in [9.17, 15) is 14.9 Å². The number of benzene rings is 1. The molecule has 2 N–H and O–H groups in total. The van der Waals surface area contributed by atoms with E-state index in [4.69, 9.17) is 0 Å². The number of hydrogen-bond donors (Lipinski definition) is 2. The summed E-state index contributed by atoms with van der Waals surface area (Å²) in [5.41, 5.74) is 0.806. The Bertz CT molecular complexity index is 654. The van der Waals surface area contributed by atoms with Gasteiger partial charge in [0.25, 0.3) is 11.6 Å². The first-order valence-electron chi connectivity index (χ1n) is 5.54. The number of hydrogen-bond acceptors (Lipinski definition) is 5. The molecular weight excluding hydrogens is 266 g/mol. The van der Waals surface area contributed by atoms with Crippen LogP contribution in [0.4, 0.5) is 11.4 Å². The van der Waals surface area contributed by atoms with Gasteiger partial charge >= 0.3 is 0 Å². The average Bonchev–Trinajstić information content (AvgIpc) is 2.92. The Morgan fingerprint density at radius 1 is 1.26 bits per heavy atom. The van der Waals surface area contributed by atoms with Gasteiger partial charge in [-0.3, -0.25) is 14.9 Å². The summed E-state index contributed by atoms with van der Waals surface area (Å²) in [5, 5.41) is 18.6. The minimum absolute atomic E-state index is 0.0923. The van der Waals surface area contributed by atoms with Crippen LogP contribution in [0.1, 0.15) is 21.4 Å². The van der Waals surface area contributed by atoms with Crippen LogP contribution >= 0.6 is 11.3 Å². The van der Waals surface area contributed by atoms with E-state index in [2.05, 4.69) is 10.6 Å². The first kappa shape index (κ1) is 11.7. The van der Waals surface area contributed by atoms with E-state index in [1.54, 1.807) is 6.07 Å². The molecule has 2 aromatic rings. The predicted octanol–water partition coefficient (Wildman–Crippen LogP) is 2.51. The second-order valence-electron chi connectivity index (χ2n) is 4.05. The Morgan fingerprint density at radius 2 is 2.11 bits per heavy atom. The minimum Gasteiger partial charge on any atom is -0.360 e. The van der Waals surface area contributed by atoms with Gasteiger partial charge in [0.2, 0.25) is 0 Å². The smallest absolute Gasteiger partial charge is 0.270 e. The number of non-ortho nitro benzene ring substituents is 1. The highest BCUT2D eigenvalue weighted by molar-refractivity contribution is 7.10. The molecular formula is C12H9N3O3S. The predicted molar refractivity (Wildman–Crippen MR) is 71.2 cm³/mol. The summed E-state index contributed by atoms with van der Waals surface area (Å²) in [6, 6.07) is 8.04. The topological polar surface area (TPSA) is 84.3 Å². The first-order chi connectivity index (χ1) is 9.15. The number of amides is 1. The molecule has 0 saturated heterocycles. The van der Waals surface area contributed by atoms with Gasteiger partial charge in [0.05, 0.1) is 10.5 Å². The molecule has 1 aliphatic heterocycles. The number of carbonyl (C=O) groups is 1. The maximum Gasteiger partial charge on any atom is 0.270 e. The normalized spacial score (nSPS) is 17.3. The third-order valence-electron chi connectivity index (χ3n) is 2.86. The molecule has 0 unspecified atom stereocenters. The van der Waals surface area contributed by atoms with Gasteiger partial charge < -0.3 is 10.6 Å². The van der Waals surface area contributed by atoms with Crippen LogP contribution in [-0.4, -0.2) is 10.8 Å². The summed E-state index contributed by atoms with van der Waals surface area (Å²) >= 11 is 1.53. The van der Waals surface area contributed by atoms with Crippen LogP contribution in [-0.2, 0) is 0 Å². The average molecular weight is 275 g/mol. The van der Waals surface area contributed by atoms with Gasteiger partial charge in [-0.1, -0.05) is 6.07 Å². The van der Waals surface area contributed by atoms with Gasteiger partial charge in [0.15, 0.2) is 0 Å². The molecule has 19 heavy (non-hydrogen) atoms. The standard InChI is InChI=1S/C12H9N3O3S/c16-12-8-6-7(15(17)18)3-4-9(8)13-11(14-12)10-2-1-5-19-10/h1-6,11,13H,(H,14,16)/t11-/m1/s1. The summed E-state index contributed by atoms with van der Waals surface area (Å²) in [7, 11) is 0. The number of rotatable bonds is 2. The van der Waals surface area contributed by atoms with Crippen molar-refractivity contribution in [3.05, 3.63) is 56.3 Å². The fourth-order valence-corrected chi connectivity index (χ4v) is 2.68. The quantitative estimate of drug-likeness (QED) is 0.651. The van der Waals surface area contributed by atoms with Crippen molar-refractivity contribution in [2.24, 2.45) is 0 Å². The van der Waals surface area contributed by atoms with Crippen LogP contribution in [0.25, 0.3) is 0 Å².